The first-order chi connectivity index (χ1) is 14.8. The standard InChI is InChI=1S/C25H30N2O4/c1-25(2,3)31-24(29)12-11-22-20(16-18-8-7-14-26-17-18)19-9-5-6-10-21(19)27(22)15-13-23(28)30-4/h5-10,14,17H,11-13,15-16H2,1-4H3. The van der Waals surface area contributed by atoms with Gasteiger partial charge in [-0.05, 0) is 50.5 Å². The van der Waals surface area contributed by atoms with E-state index in [1.807, 2.05) is 51.2 Å². The number of hydrogen-bond acceptors (Lipinski definition) is 5. The quantitative estimate of drug-likeness (QED) is 0.501. The zero-order valence-electron chi connectivity index (χ0n) is 18.7. The molecule has 0 atom stereocenters. The maximum absolute atomic E-state index is 12.4. The summed E-state index contributed by atoms with van der Waals surface area (Å²) >= 11 is 0. The number of nitrogens with zero attached hydrogens (tertiary/aromatic N) is 2. The number of aryl methyl sites for hydroxylation is 1. The first kappa shape index (κ1) is 22.5. The summed E-state index contributed by atoms with van der Waals surface area (Å²) in [4.78, 5) is 28.5. The number of esters is 2. The molecule has 0 saturated carbocycles. The third kappa shape index (κ3) is 5.94. The van der Waals surface area contributed by atoms with Gasteiger partial charge in [0.15, 0.2) is 0 Å². The van der Waals surface area contributed by atoms with Crippen LogP contribution >= 0.6 is 0 Å². The van der Waals surface area contributed by atoms with Gasteiger partial charge in [-0.15, -0.1) is 0 Å². The van der Waals surface area contributed by atoms with Crippen LogP contribution in [0.4, 0.5) is 0 Å². The largest absolute Gasteiger partial charge is 0.469 e. The Balaban J connectivity index is 2.00. The van der Waals surface area contributed by atoms with Crippen LogP contribution in [0.1, 0.15) is 50.4 Å². The Morgan fingerprint density at radius 3 is 2.48 bits per heavy atom. The van der Waals surface area contributed by atoms with E-state index in [-0.39, 0.29) is 24.8 Å². The summed E-state index contributed by atoms with van der Waals surface area (Å²) in [5.74, 6) is -0.491. The lowest BCUT2D eigenvalue weighted by Gasteiger charge is -2.20. The van der Waals surface area contributed by atoms with Gasteiger partial charge in [0.2, 0.25) is 0 Å². The molecule has 3 aromatic rings. The lowest BCUT2D eigenvalue weighted by atomic mass is 10.0. The number of ether oxygens (including phenoxy) is 2. The topological polar surface area (TPSA) is 70.4 Å². The second-order valence-electron chi connectivity index (χ2n) is 8.54. The van der Waals surface area contributed by atoms with E-state index in [2.05, 4.69) is 21.7 Å². The minimum Gasteiger partial charge on any atom is -0.469 e. The second kappa shape index (κ2) is 9.77. The SMILES string of the molecule is COC(=O)CCn1c(CCC(=O)OC(C)(C)C)c(Cc2cccnc2)c2ccccc21. The van der Waals surface area contributed by atoms with Gasteiger partial charge in [-0.1, -0.05) is 24.3 Å². The van der Waals surface area contributed by atoms with Gasteiger partial charge in [-0.25, -0.2) is 0 Å². The molecule has 0 aliphatic heterocycles. The number of methoxy groups -OCH3 is 1. The van der Waals surface area contributed by atoms with Crippen LogP contribution in [-0.2, 0) is 38.4 Å². The molecule has 0 aliphatic carbocycles. The number of aromatic nitrogens is 2. The van der Waals surface area contributed by atoms with Crippen LogP contribution in [0, 0.1) is 0 Å². The second-order valence-corrected chi connectivity index (χ2v) is 8.54. The van der Waals surface area contributed by atoms with Gasteiger partial charge in [0, 0.05) is 42.0 Å². The number of pyridine rings is 1. The minimum atomic E-state index is -0.521. The molecule has 0 saturated heterocycles. The number of benzene rings is 1. The summed E-state index contributed by atoms with van der Waals surface area (Å²) in [5, 5.41) is 1.12. The van der Waals surface area contributed by atoms with Crippen molar-refractivity contribution in [2.75, 3.05) is 7.11 Å². The molecule has 2 heterocycles. The van der Waals surface area contributed by atoms with Crippen molar-refractivity contribution in [3.05, 3.63) is 65.6 Å². The van der Waals surface area contributed by atoms with Gasteiger partial charge in [0.1, 0.15) is 5.60 Å². The van der Waals surface area contributed by atoms with Crippen molar-refractivity contribution in [2.45, 2.75) is 58.6 Å². The smallest absolute Gasteiger partial charge is 0.307 e. The molecule has 164 valence electrons. The lowest BCUT2D eigenvalue weighted by molar-refractivity contribution is -0.154. The highest BCUT2D eigenvalue weighted by Crippen LogP contribution is 2.30. The Hall–Kier alpha value is -3.15. The summed E-state index contributed by atoms with van der Waals surface area (Å²) in [6, 6.07) is 12.1. The summed E-state index contributed by atoms with van der Waals surface area (Å²) in [7, 11) is 1.40. The first-order valence-electron chi connectivity index (χ1n) is 10.5. The van der Waals surface area contributed by atoms with Crippen LogP contribution in [-0.4, -0.2) is 34.2 Å². The molecule has 0 bridgehead atoms. The molecule has 0 amide bonds. The van der Waals surface area contributed by atoms with Crippen LogP contribution < -0.4 is 0 Å². The Kier molecular flexibility index (Phi) is 7.10. The predicted octanol–water partition coefficient (Wildman–Crippen LogP) is 4.46. The van der Waals surface area contributed by atoms with Gasteiger partial charge >= 0.3 is 11.9 Å². The third-order valence-corrected chi connectivity index (χ3v) is 5.05. The van der Waals surface area contributed by atoms with Crippen LogP contribution in [0.25, 0.3) is 10.9 Å². The molecule has 0 N–H and O–H groups in total. The number of rotatable bonds is 8. The van der Waals surface area contributed by atoms with Crippen molar-refractivity contribution in [1.82, 2.24) is 9.55 Å². The van der Waals surface area contributed by atoms with E-state index in [1.54, 1.807) is 6.20 Å². The van der Waals surface area contributed by atoms with Gasteiger partial charge in [-0.2, -0.15) is 0 Å². The monoisotopic (exact) mass is 422 g/mol. The van der Waals surface area contributed by atoms with Gasteiger partial charge < -0.3 is 14.0 Å². The average Bonchev–Trinajstić information content (AvgIpc) is 3.02. The Bertz CT molecular complexity index is 1050. The van der Waals surface area contributed by atoms with Crippen LogP contribution in [0.5, 0.6) is 0 Å². The van der Waals surface area contributed by atoms with Crippen molar-refractivity contribution in [3.8, 4) is 0 Å². The highest BCUT2D eigenvalue weighted by atomic mass is 16.6. The summed E-state index contributed by atoms with van der Waals surface area (Å²) in [6.45, 7) is 6.09. The molecule has 2 aromatic heterocycles. The zero-order chi connectivity index (χ0) is 22.4. The van der Waals surface area contributed by atoms with Crippen molar-refractivity contribution in [2.24, 2.45) is 0 Å². The number of para-hydroxylation sites is 1. The molecular weight excluding hydrogens is 392 g/mol. The van der Waals surface area contributed by atoms with E-state index >= 15 is 0 Å². The fraction of sp³-hybridized carbons (Fsp3) is 0.400. The molecule has 1 aromatic carbocycles. The lowest BCUT2D eigenvalue weighted by Crippen LogP contribution is -2.24. The highest BCUT2D eigenvalue weighted by Gasteiger charge is 2.21. The highest BCUT2D eigenvalue weighted by molar-refractivity contribution is 5.86. The van der Waals surface area contributed by atoms with Crippen LogP contribution in [0.15, 0.2) is 48.8 Å². The van der Waals surface area contributed by atoms with Crippen molar-refractivity contribution < 1.29 is 19.1 Å². The summed E-state index contributed by atoms with van der Waals surface area (Å²) in [5.41, 5.74) is 3.81. The number of hydrogen-bond donors (Lipinski definition) is 0. The Morgan fingerprint density at radius 1 is 1.03 bits per heavy atom. The van der Waals surface area contributed by atoms with E-state index in [9.17, 15) is 9.59 Å². The van der Waals surface area contributed by atoms with Gasteiger partial charge in [0.25, 0.3) is 0 Å². The molecular formula is C25H30N2O4. The summed E-state index contributed by atoms with van der Waals surface area (Å²) < 4.78 is 12.5. The molecule has 6 nitrogen and oxygen atoms in total. The first-order valence-corrected chi connectivity index (χ1v) is 10.5. The zero-order valence-corrected chi connectivity index (χ0v) is 18.7. The van der Waals surface area contributed by atoms with E-state index < -0.39 is 5.60 Å². The predicted molar refractivity (Wildman–Crippen MR) is 120 cm³/mol. The van der Waals surface area contributed by atoms with E-state index in [4.69, 9.17) is 9.47 Å². The number of carbonyl (C=O) groups excluding carboxylic acids is 2. The number of carbonyl (C=O) groups is 2. The molecule has 0 spiro atoms. The fourth-order valence-corrected chi connectivity index (χ4v) is 3.79. The van der Waals surface area contributed by atoms with Crippen molar-refractivity contribution >= 4 is 22.8 Å². The van der Waals surface area contributed by atoms with Crippen molar-refractivity contribution in [1.29, 1.82) is 0 Å². The minimum absolute atomic E-state index is 0.232. The Morgan fingerprint density at radius 2 is 1.81 bits per heavy atom. The Labute approximate surface area is 183 Å². The molecule has 0 radical (unpaired) electrons. The van der Waals surface area contributed by atoms with Gasteiger partial charge in [0.05, 0.1) is 20.0 Å². The summed E-state index contributed by atoms with van der Waals surface area (Å²) in [6.07, 6.45) is 5.38. The average molecular weight is 423 g/mol. The van der Waals surface area contributed by atoms with Crippen LogP contribution in [0.2, 0.25) is 0 Å². The fourth-order valence-electron chi connectivity index (χ4n) is 3.79. The van der Waals surface area contributed by atoms with E-state index in [0.717, 1.165) is 27.7 Å². The van der Waals surface area contributed by atoms with Crippen molar-refractivity contribution in [3.63, 3.8) is 0 Å². The molecule has 31 heavy (non-hydrogen) atoms. The van der Waals surface area contributed by atoms with Gasteiger partial charge in [-0.3, -0.25) is 14.6 Å². The molecule has 0 aliphatic rings. The normalized spacial score (nSPS) is 11.5. The maximum atomic E-state index is 12.4. The molecule has 3 rings (SSSR count). The maximum Gasteiger partial charge on any atom is 0.307 e. The number of fused-ring (bicyclic) bond motifs is 1. The van der Waals surface area contributed by atoms with E-state index in [1.165, 1.54) is 7.11 Å². The molecule has 0 fully saturated rings. The molecule has 6 heteroatoms. The van der Waals surface area contributed by atoms with E-state index in [0.29, 0.717) is 19.4 Å². The molecule has 0 unspecified atom stereocenters. The third-order valence-electron chi connectivity index (χ3n) is 5.05. The van der Waals surface area contributed by atoms with Crippen LogP contribution in [0.3, 0.4) is 0 Å².